The topological polar surface area (TPSA) is 59.8 Å². The molecule has 0 spiro atoms. The van der Waals surface area contributed by atoms with Crippen molar-refractivity contribution in [2.24, 2.45) is 0 Å². The Labute approximate surface area is 159 Å². The normalized spacial score (nSPS) is 19.9. The molecule has 1 aromatic heterocycles. The number of nitrogens with zero attached hydrogens (tertiary/aromatic N) is 1. The van der Waals surface area contributed by atoms with Gasteiger partial charge in [-0.25, -0.2) is 4.79 Å². The molecule has 2 aromatic rings. The molecule has 3 rings (SSSR count). The third-order valence-electron chi connectivity index (χ3n) is 3.84. The monoisotopic (exact) mass is 399 g/mol. The van der Waals surface area contributed by atoms with Gasteiger partial charge in [-0.1, -0.05) is 29.3 Å². The van der Waals surface area contributed by atoms with Crippen LogP contribution in [-0.4, -0.2) is 28.6 Å². The van der Waals surface area contributed by atoms with Crippen LogP contribution in [0.15, 0.2) is 41.0 Å². The number of ether oxygens (including phenoxy) is 1. The third kappa shape index (κ3) is 3.81. The highest BCUT2D eigenvalue weighted by atomic mass is 35.5. The minimum Gasteiger partial charge on any atom is -0.466 e. The van der Waals surface area contributed by atoms with E-state index in [4.69, 9.17) is 32.4 Å². The van der Waals surface area contributed by atoms with Crippen LogP contribution in [0.3, 0.4) is 0 Å². The van der Waals surface area contributed by atoms with Crippen LogP contribution in [0.5, 0.6) is 0 Å². The Bertz CT molecular complexity index is 761. The number of hydrogen-bond acceptors (Lipinski definition) is 5. The molecule has 8 heteroatoms. The summed E-state index contributed by atoms with van der Waals surface area (Å²) >= 11 is 13.6. The maximum Gasteiger partial charge on any atom is 0.330 e. The molecular formula is C17H15Cl2NO4S. The number of furan rings is 1. The Morgan fingerprint density at radius 1 is 1.28 bits per heavy atom. The van der Waals surface area contributed by atoms with E-state index in [1.54, 1.807) is 36.6 Å². The molecule has 1 saturated heterocycles. The van der Waals surface area contributed by atoms with E-state index in [1.165, 1.54) is 23.6 Å². The van der Waals surface area contributed by atoms with Gasteiger partial charge in [-0.2, -0.15) is 0 Å². The zero-order valence-corrected chi connectivity index (χ0v) is 15.6. The molecule has 0 saturated carbocycles. The van der Waals surface area contributed by atoms with Crippen molar-refractivity contribution in [2.45, 2.75) is 24.9 Å². The van der Waals surface area contributed by atoms with E-state index in [0.717, 1.165) is 0 Å². The first-order valence-corrected chi connectivity index (χ1v) is 9.33. The maximum atomic E-state index is 12.5. The van der Waals surface area contributed by atoms with Crippen LogP contribution in [-0.2, 0) is 20.9 Å². The fraction of sp³-hybridized carbons (Fsp3) is 0.294. The van der Waals surface area contributed by atoms with Gasteiger partial charge >= 0.3 is 5.97 Å². The molecule has 0 aliphatic carbocycles. The van der Waals surface area contributed by atoms with Gasteiger partial charge in [-0.3, -0.25) is 4.79 Å². The number of esters is 1. The number of benzene rings is 1. The second kappa shape index (κ2) is 7.72. The summed E-state index contributed by atoms with van der Waals surface area (Å²) in [6.07, 6.45) is 1.54. The second-order valence-electron chi connectivity index (χ2n) is 5.45. The molecule has 0 radical (unpaired) electrons. The molecule has 2 atom stereocenters. The number of amides is 1. The van der Waals surface area contributed by atoms with Crippen molar-refractivity contribution < 1.29 is 18.7 Å². The number of carbonyl (C=O) groups is 2. The van der Waals surface area contributed by atoms with Crippen LogP contribution in [0.25, 0.3) is 0 Å². The minimum atomic E-state index is -0.682. The summed E-state index contributed by atoms with van der Waals surface area (Å²) in [7, 11) is 0. The van der Waals surface area contributed by atoms with Crippen LogP contribution in [0.1, 0.15) is 23.6 Å². The van der Waals surface area contributed by atoms with Crippen molar-refractivity contribution in [1.29, 1.82) is 0 Å². The molecular weight excluding hydrogens is 385 g/mol. The number of rotatable bonds is 4. The smallest absolute Gasteiger partial charge is 0.330 e. The van der Waals surface area contributed by atoms with E-state index in [2.05, 4.69) is 0 Å². The van der Waals surface area contributed by atoms with Crippen molar-refractivity contribution in [2.75, 3.05) is 5.75 Å². The summed E-state index contributed by atoms with van der Waals surface area (Å²) in [5.74, 6) is 0.349. The quantitative estimate of drug-likeness (QED) is 0.717. The fourth-order valence-corrected chi connectivity index (χ4v) is 4.56. The zero-order valence-electron chi connectivity index (χ0n) is 13.3. The minimum absolute atomic E-state index is 0.0460. The van der Waals surface area contributed by atoms with Crippen LogP contribution in [0.2, 0.25) is 10.0 Å². The van der Waals surface area contributed by atoms with Gasteiger partial charge in [0, 0.05) is 28.3 Å². The molecule has 25 heavy (non-hydrogen) atoms. The van der Waals surface area contributed by atoms with Gasteiger partial charge in [0.25, 0.3) is 0 Å². The van der Waals surface area contributed by atoms with E-state index >= 15 is 0 Å². The molecule has 0 N–H and O–H groups in total. The summed E-state index contributed by atoms with van der Waals surface area (Å²) in [6.45, 7) is 1.38. The van der Waals surface area contributed by atoms with E-state index in [9.17, 15) is 9.59 Å². The van der Waals surface area contributed by atoms with Gasteiger partial charge < -0.3 is 14.1 Å². The standard InChI is InChI=1S/C17H15Cl2NO4S/c1-10(21)20-14(9-25-16(20)15-6-3-7-23-15)17(22)24-8-11-12(18)4-2-5-13(11)19/h2-7,14,16H,8-9H2,1H3/t14-,16-/m0/s1. The van der Waals surface area contributed by atoms with E-state index < -0.39 is 12.0 Å². The SMILES string of the molecule is CC(=O)N1[C@H](C(=O)OCc2c(Cl)cccc2Cl)CS[C@H]1c1ccco1. The second-order valence-corrected chi connectivity index (χ2v) is 7.38. The summed E-state index contributed by atoms with van der Waals surface area (Å²) in [4.78, 5) is 26.1. The lowest BCUT2D eigenvalue weighted by Crippen LogP contribution is -2.42. The zero-order chi connectivity index (χ0) is 18.0. The molecule has 1 aliphatic rings. The number of hydrogen-bond donors (Lipinski definition) is 0. The maximum absolute atomic E-state index is 12.5. The Kier molecular flexibility index (Phi) is 5.61. The summed E-state index contributed by atoms with van der Waals surface area (Å²) < 4.78 is 10.8. The Hall–Kier alpha value is -1.63. The first kappa shape index (κ1) is 18.2. The largest absolute Gasteiger partial charge is 0.466 e. The summed E-state index contributed by atoms with van der Waals surface area (Å²) in [6, 6.07) is 7.92. The highest BCUT2D eigenvalue weighted by Gasteiger charge is 2.43. The predicted octanol–water partition coefficient (Wildman–Crippen LogP) is 4.29. The van der Waals surface area contributed by atoms with Crippen LogP contribution in [0, 0.1) is 0 Å². The molecule has 2 heterocycles. The van der Waals surface area contributed by atoms with E-state index in [0.29, 0.717) is 27.1 Å². The van der Waals surface area contributed by atoms with E-state index in [-0.39, 0.29) is 17.9 Å². The third-order valence-corrected chi connectivity index (χ3v) is 5.83. The van der Waals surface area contributed by atoms with Gasteiger partial charge in [0.1, 0.15) is 23.8 Å². The lowest BCUT2D eigenvalue weighted by molar-refractivity contribution is -0.154. The Morgan fingerprint density at radius 3 is 2.60 bits per heavy atom. The molecule has 0 bridgehead atoms. The number of thioether (sulfide) groups is 1. The van der Waals surface area contributed by atoms with Crippen molar-refractivity contribution in [3.63, 3.8) is 0 Å². The van der Waals surface area contributed by atoms with Crippen LogP contribution in [0.4, 0.5) is 0 Å². The number of halogens is 2. The lowest BCUT2D eigenvalue weighted by atomic mass is 10.2. The van der Waals surface area contributed by atoms with Gasteiger partial charge in [-0.05, 0) is 24.3 Å². The van der Waals surface area contributed by atoms with Crippen molar-refractivity contribution >= 4 is 46.8 Å². The van der Waals surface area contributed by atoms with Crippen molar-refractivity contribution in [3.05, 3.63) is 58.0 Å². The molecule has 132 valence electrons. The average molecular weight is 400 g/mol. The van der Waals surface area contributed by atoms with Crippen molar-refractivity contribution in [3.8, 4) is 0 Å². The van der Waals surface area contributed by atoms with Gasteiger partial charge in [-0.15, -0.1) is 11.8 Å². The molecule has 1 fully saturated rings. The first-order chi connectivity index (χ1) is 12.0. The number of carbonyl (C=O) groups excluding carboxylic acids is 2. The molecule has 1 amide bonds. The predicted molar refractivity (Wildman–Crippen MR) is 96.5 cm³/mol. The van der Waals surface area contributed by atoms with Gasteiger partial charge in [0.05, 0.1) is 6.26 Å². The van der Waals surface area contributed by atoms with E-state index in [1.807, 2.05) is 0 Å². The molecule has 1 aromatic carbocycles. The highest BCUT2D eigenvalue weighted by Crippen LogP contribution is 2.42. The summed E-state index contributed by atoms with van der Waals surface area (Å²) in [5, 5.41) is 0.518. The van der Waals surface area contributed by atoms with Crippen molar-refractivity contribution in [1.82, 2.24) is 4.90 Å². The molecule has 1 aliphatic heterocycles. The average Bonchev–Trinajstić information content (AvgIpc) is 3.23. The molecule has 0 unspecified atom stereocenters. The van der Waals surface area contributed by atoms with Crippen LogP contribution < -0.4 is 0 Å². The Balaban J connectivity index is 1.72. The van der Waals surface area contributed by atoms with Gasteiger partial charge in [0.15, 0.2) is 0 Å². The molecule has 5 nitrogen and oxygen atoms in total. The first-order valence-electron chi connectivity index (χ1n) is 7.52. The van der Waals surface area contributed by atoms with Crippen LogP contribution >= 0.6 is 35.0 Å². The lowest BCUT2D eigenvalue weighted by Gasteiger charge is -2.25. The van der Waals surface area contributed by atoms with Gasteiger partial charge in [0.2, 0.25) is 5.91 Å². The summed E-state index contributed by atoms with van der Waals surface area (Å²) in [5.41, 5.74) is 0.543. The Morgan fingerprint density at radius 2 is 2.00 bits per heavy atom. The fourth-order valence-electron chi connectivity index (χ4n) is 2.63. The highest BCUT2D eigenvalue weighted by molar-refractivity contribution is 7.99.